The summed E-state index contributed by atoms with van der Waals surface area (Å²) in [5, 5.41) is 13.8. The first-order chi connectivity index (χ1) is 13.0. The van der Waals surface area contributed by atoms with Gasteiger partial charge in [-0.1, -0.05) is 12.1 Å². The van der Waals surface area contributed by atoms with Gasteiger partial charge in [0.25, 0.3) is 5.91 Å². The van der Waals surface area contributed by atoms with Crippen molar-refractivity contribution in [3.8, 4) is 0 Å². The van der Waals surface area contributed by atoms with Crippen molar-refractivity contribution < 1.29 is 4.79 Å². The lowest BCUT2D eigenvalue weighted by Crippen LogP contribution is -2.39. The maximum Gasteiger partial charge on any atom is 0.251 e. The van der Waals surface area contributed by atoms with Gasteiger partial charge < -0.3 is 16.0 Å². The van der Waals surface area contributed by atoms with Crippen LogP contribution in [0.5, 0.6) is 0 Å². The van der Waals surface area contributed by atoms with Crippen molar-refractivity contribution in [2.24, 2.45) is 12.0 Å². The molecular formula is C20H31IN6O. The number of halogens is 1. The second-order valence-corrected chi connectivity index (χ2v) is 6.48. The number of carbonyl (C=O) groups excluding carboxylic acids is 1. The van der Waals surface area contributed by atoms with Crippen LogP contribution in [-0.2, 0) is 19.9 Å². The minimum absolute atomic E-state index is 0. The van der Waals surface area contributed by atoms with Gasteiger partial charge >= 0.3 is 0 Å². The molecule has 0 unspecified atom stereocenters. The highest BCUT2D eigenvalue weighted by molar-refractivity contribution is 14.0. The van der Waals surface area contributed by atoms with E-state index in [1.165, 1.54) is 11.3 Å². The maximum absolute atomic E-state index is 11.7. The Morgan fingerprint density at radius 2 is 1.86 bits per heavy atom. The highest BCUT2D eigenvalue weighted by Gasteiger charge is 2.09. The van der Waals surface area contributed by atoms with Crippen molar-refractivity contribution in [2.45, 2.75) is 26.7 Å². The van der Waals surface area contributed by atoms with Gasteiger partial charge in [0.05, 0.1) is 5.69 Å². The van der Waals surface area contributed by atoms with Gasteiger partial charge in [0, 0.05) is 45.5 Å². The highest BCUT2D eigenvalue weighted by atomic mass is 127. The Balaban J connectivity index is 0.00000392. The Labute approximate surface area is 184 Å². The summed E-state index contributed by atoms with van der Waals surface area (Å²) in [7, 11) is 5.38. The van der Waals surface area contributed by atoms with E-state index in [1.807, 2.05) is 42.9 Å². The number of nitrogens with one attached hydrogen (secondary N) is 3. The number of guanidine groups is 1. The predicted octanol–water partition coefficient (Wildman–Crippen LogP) is 1.96. The average molecular weight is 498 g/mol. The fourth-order valence-electron chi connectivity index (χ4n) is 3.04. The SMILES string of the molecule is CN=C(NCCc1cccc(C(=O)NC)c1)NCCc1c(C)nn(C)c1C.I. The van der Waals surface area contributed by atoms with E-state index in [4.69, 9.17) is 0 Å². The topological polar surface area (TPSA) is 83.3 Å². The van der Waals surface area contributed by atoms with E-state index < -0.39 is 0 Å². The molecule has 2 rings (SSSR count). The van der Waals surface area contributed by atoms with E-state index in [2.05, 4.69) is 33.0 Å². The number of aryl methyl sites for hydroxylation is 2. The lowest BCUT2D eigenvalue weighted by Gasteiger charge is -2.12. The monoisotopic (exact) mass is 498 g/mol. The second-order valence-electron chi connectivity index (χ2n) is 6.48. The summed E-state index contributed by atoms with van der Waals surface area (Å²) in [5.74, 6) is 0.708. The average Bonchev–Trinajstić information content (AvgIpc) is 2.92. The van der Waals surface area contributed by atoms with Crippen LogP contribution in [0.3, 0.4) is 0 Å². The Morgan fingerprint density at radius 1 is 1.18 bits per heavy atom. The smallest absolute Gasteiger partial charge is 0.251 e. The zero-order valence-electron chi connectivity index (χ0n) is 17.3. The van der Waals surface area contributed by atoms with Crippen molar-refractivity contribution in [3.63, 3.8) is 0 Å². The number of benzene rings is 1. The van der Waals surface area contributed by atoms with Crippen LogP contribution in [0, 0.1) is 13.8 Å². The molecule has 0 bridgehead atoms. The summed E-state index contributed by atoms with van der Waals surface area (Å²) in [6, 6.07) is 7.67. The molecule has 0 fully saturated rings. The number of nitrogens with zero attached hydrogens (tertiary/aromatic N) is 3. The molecule has 1 heterocycles. The van der Waals surface area contributed by atoms with Crippen molar-refractivity contribution in [1.82, 2.24) is 25.7 Å². The number of rotatable bonds is 7. The van der Waals surface area contributed by atoms with E-state index in [9.17, 15) is 4.79 Å². The summed E-state index contributed by atoms with van der Waals surface area (Å²) in [6.07, 6.45) is 1.72. The fraction of sp³-hybridized carbons (Fsp3) is 0.450. The van der Waals surface area contributed by atoms with Crippen LogP contribution in [0.2, 0.25) is 0 Å². The molecule has 0 saturated carbocycles. The van der Waals surface area contributed by atoms with E-state index in [0.717, 1.165) is 43.1 Å². The molecule has 0 atom stereocenters. The normalized spacial score (nSPS) is 11.0. The third-order valence-electron chi connectivity index (χ3n) is 4.67. The molecule has 28 heavy (non-hydrogen) atoms. The van der Waals surface area contributed by atoms with Crippen LogP contribution in [-0.4, -0.2) is 48.8 Å². The molecular weight excluding hydrogens is 467 g/mol. The molecule has 7 nitrogen and oxygen atoms in total. The first-order valence-corrected chi connectivity index (χ1v) is 9.20. The van der Waals surface area contributed by atoms with Gasteiger partial charge in [-0.15, -0.1) is 24.0 Å². The Morgan fingerprint density at radius 3 is 2.43 bits per heavy atom. The molecule has 0 saturated heterocycles. The summed E-state index contributed by atoms with van der Waals surface area (Å²) in [6.45, 7) is 5.67. The first-order valence-electron chi connectivity index (χ1n) is 9.20. The highest BCUT2D eigenvalue weighted by Crippen LogP contribution is 2.11. The first kappa shape index (κ1) is 23.9. The van der Waals surface area contributed by atoms with Gasteiger partial charge in [-0.2, -0.15) is 5.10 Å². The molecule has 0 aliphatic rings. The third-order valence-corrected chi connectivity index (χ3v) is 4.67. The van der Waals surface area contributed by atoms with Gasteiger partial charge in [-0.05, 0) is 49.9 Å². The van der Waals surface area contributed by atoms with Gasteiger partial charge in [0.2, 0.25) is 0 Å². The maximum atomic E-state index is 11.7. The molecule has 0 spiro atoms. The van der Waals surface area contributed by atoms with Crippen LogP contribution >= 0.6 is 24.0 Å². The van der Waals surface area contributed by atoms with Gasteiger partial charge in [0.15, 0.2) is 5.96 Å². The summed E-state index contributed by atoms with van der Waals surface area (Å²) in [4.78, 5) is 16.0. The molecule has 1 aromatic carbocycles. The summed E-state index contributed by atoms with van der Waals surface area (Å²) < 4.78 is 1.92. The largest absolute Gasteiger partial charge is 0.356 e. The lowest BCUT2D eigenvalue weighted by atomic mass is 10.1. The predicted molar refractivity (Wildman–Crippen MR) is 125 cm³/mol. The number of amides is 1. The molecule has 154 valence electrons. The van der Waals surface area contributed by atoms with E-state index in [0.29, 0.717) is 5.56 Å². The Hall–Kier alpha value is -2.10. The molecule has 0 aliphatic heterocycles. The van der Waals surface area contributed by atoms with Crippen LogP contribution in [0.25, 0.3) is 0 Å². The summed E-state index contributed by atoms with van der Waals surface area (Å²) >= 11 is 0. The fourth-order valence-corrected chi connectivity index (χ4v) is 3.04. The molecule has 1 aromatic heterocycles. The number of hydrogen-bond donors (Lipinski definition) is 3. The molecule has 0 radical (unpaired) electrons. The number of aliphatic imine (C=N–C) groups is 1. The van der Waals surface area contributed by atoms with Crippen LogP contribution in [0.4, 0.5) is 0 Å². The van der Waals surface area contributed by atoms with Crippen LogP contribution in [0.1, 0.15) is 32.9 Å². The molecule has 3 N–H and O–H groups in total. The van der Waals surface area contributed by atoms with Gasteiger partial charge in [-0.3, -0.25) is 14.5 Å². The lowest BCUT2D eigenvalue weighted by molar-refractivity contribution is 0.0963. The van der Waals surface area contributed by atoms with Crippen molar-refractivity contribution in [3.05, 3.63) is 52.3 Å². The Bertz CT molecular complexity index is 815. The van der Waals surface area contributed by atoms with Gasteiger partial charge in [0.1, 0.15) is 0 Å². The zero-order valence-corrected chi connectivity index (χ0v) is 19.6. The summed E-state index contributed by atoms with van der Waals surface area (Å²) in [5.41, 5.74) is 5.36. The number of hydrogen-bond acceptors (Lipinski definition) is 3. The zero-order chi connectivity index (χ0) is 19.8. The van der Waals surface area contributed by atoms with Crippen molar-refractivity contribution in [1.29, 1.82) is 0 Å². The quantitative estimate of drug-likeness (QED) is 0.310. The van der Waals surface area contributed by atoms with E-state index in [1.54, 1.807) is 14.1 Å². The molecule has 8 heteroatoms. The molecule has 0 aliphatic carbocycles. The third kappa shape index (κ3) is 6.50. The minimum Gasteiger partial charge on any atom is -0.356 e. The standard InChI is InChI=1S/C20H30N6O.HI/c1-14-18(15(2)26(5)25-14)10-12-24-20(22-4)23-11-9-16-7-6-8-17(13-16)19(27)21-3;/h6-8,13H,9-12H2,1-5H3,(H,21,27)(H2,22,23,24);1H. The second kappa shape index (κ2) is 11.7. The van der Waals surface area contributed by atoms with E-state index >= 15 is 0 Å². The van der Waals surface area contributed by atoms with Gasteiger partial charge in [-0.25, -0.2) is 0 Å². The van der Waals surface area contributed by atoms with Crippen molar-refractivity contribution in [2.75, 3.05) is 27.2 Å². The van der Waals surface area contributed by atoms with Crippen molar-refractivity contribution >= 4 is 35.8 Å². The number of aromatic nitrogens is 2. The van der Waals surface area contributed by atoms with E-state index in [-0.39, 0.29) is 29.9 Å². The minimum atomic E-state index is -0.0664. The van der Waals surface area contributed by atoms with Crippen LogP contribution in [0.15, 0.2) is 29.3 Å². The Kier molecular flexibility index (Phi) is 9.98. The molecule has 2 aromatic rings. The molecule has 1 amide bonds. The van der Waals surface area contributed by atoms with Crippen LogP contribution < -0.4 is 16.0 Å². The number of carbonyl (C=O) groups is 1.